The van der Waals surface area contributed by atoms with E-state index in [4.69, 9.17) is 5.73 Å². The molecule has 0 radical (unpaired) electrons. The Balaban J connectivity index is 2.03. The van der Waals surface area contributed by atoms with Gasteiger partial charge >= 0.3 is 0 Å². The van der Waals surface area contributed by atoms with Crippen molar-refractivity contribution in [1.29, 1.82) is 0 Å². The fourth-order valence-corrected chi connectivity index (χ4v) is 3.63. The summed E-state index contributed by atoms with van der Waals surface area (Å²) in [5.41, 5.74) is 5.91. The van der Waals surface area contributed by atoms with Crippen molar-refractivity contribution in [2.24, 2.45) is 0 Å². The maximum absolute atomic E-state index is 12.2. The lowest BCUT2D eigenvalue weighted by Crippen LogP contribution is -2.44. The third kappa shape index (κ3) is 3.59. The molecule has 0 spiro atoms. The van der Waals surface area contributed by atoms with Gasteiger partial charge in [0, 0.05) is 23.7 Å². The van der Waals surface area contributed by atoms with Gasteiger partial charge in [-0.05, 0) is 18.6 Å². The predicted octanol–water partition coefficient (Wildman–Crippen LogP) is 1.85. The van der Waals surface area contributed by atoms with Gasteiger partial charge in [0.05, 0.1) is 0 Å². The van der Waals surface area contributed by atoms with Crippen molar-refractivity contribution in [3.63, 3.8) is 0 Å². The number of carbonyl (C=O) groups excluding carboxylic acids is 1. The molecule has 1 fully saturated rings. The standard InChI is InChI=1S/C13H20N4OS/c1-2-19-10-6-4-3-5-9(10)17-13(18)11-12(14)16-8-7-15-11/h7-10H,2-6H2,1H3,(H2,14,16)(H,17,18)/t9-,10-/m1/s1. The van der Waals surface area contributed by atoms with Crippen molar-refractivity contribution in [2.75, 3.05) is 11.5 Å². The Labute approximate surface area is 117 Å². The van der Waals surface area contributed by atoms with E-state index in [1.165, 1.54) is 31.7 Å². The lowest BCUT2D eigenvalue weighted by Gasteiger charge is -2.31. The van der Waals surface area contributed by atoms with Gasteiger partial charge in [-0.15, -0.1) is 0 Å². The second-order valence-corrected chi connectivity index (χ2v) is 6.16. The first kappa shape index (κ1) is 14.1. The number of carbonyl (C=O) groups is 1. The summed E-state index contributed by atoms with van der Waals surface area (Å²) in [6, 6.07) is 0.215. The molecule has 1 heterocycles. The molecule has 1 aliphatic rings. The molecule has 0 bridgehead atoms. The van der Waals surface area contributed by atoms with E-state index in [0.29, 0.717) is 5.25 Å². The maximum atomic E-state index is 12.2. The number of anilines is 1. The number of nitrogens with two attached hydrogens (primary N) is 1. The first-order chi connectivity index (χ1) is 9.22. The van der Waals surface area contributed by atoms with Gasteiger partial charge in [0.25, 0.3) is 5.91 Å². The van der Waals surface area contributed by atoms with Crippen LogP contribution in [0.1, 0.15) is 43.1 Å². The molecule has 6 heteroatoms. The largest absolute Gasteiger partial charge is 0.382 e. The van der Waals surface area contributed by atoms with Gasteiger partial charge < -0.3 is 11.1 Å². The molecule has 0 unspecified atom stereocenters. The molecule has 0 aliphatic heterocycles. The molecule has 1 aromatic heterocycles. The maximum Gasteiger partial charge on any atom is 0.273 e. The van der Waals surface area contributed by atoms with Gasteiger partial charge in [-0.1, -0.05) is 19.8 Å². The number of nitrogen functional groups attached to an aromatic ring is 1. The average molecular weight is 280 g/mol. The van der Waals surface area contributed by atoms with Crippen molar-refractivity contribution in [3.05, 3.63) is 18.1 Å². The minimum Gasteiger partial charge on any atom is -0.382 e. The van der Waals surface area contributed by atoms with Crippen molar-refractivity contribution in [2.45, 2.75) is 43.9 Å². The van der Waals surface area contributed by atoms with E-state index in [2.05, 4.69) is 22.2 Å². The predicted molar refractivity (Wildman–Crippen MR) is 78.1 cm³/mol. The van der Waals surface area contributed by atoms with Crippen LogP contribution in [0.4, 0.5) is 5.82 Å². The summed E-state index contributed by atoms with van der Waals surface area (Å²) in [7, 11) is 0. The van der Waals surface area contributed by atoms with E-state index in [-0.39, 0.29) is 23.5 Å². The van der Waals surface area contributed by atoms with E-state index in [9.17, 15) is 4.79 Å². The van der Waals surface area contributed by atoms with E-state index in [1.807, 2.05) is 11.8 Å². The molecule has 104 valence electrons. The van der Waals surface area contributed by atoms with Crippen molar-refractivity contribution < 1.29 is 4.79 Å². The highest BCUT2D eigenvalue weighted by Crippen LogP contribution is 2.28. The molecular formula is C13H20N4OS. The first-order valence-electron chi connectivity index (χ1n) is 6.71. The summed E-state index contributed by atoms with van der Waals surface area (Å²) in [5, 5.41) is 3.57. The molecule has 2 rings (SSSR count). The first-order valence-corrected chi connectivity index (χ1v) is 7.76. The van der Waals surface area contributed by atoms with Gasteiger partial charge in [-0.2, -0.15) is 11.8 Å². The van der Waals surface area contributed by atoms with E-state index in [0.717, 1.165) is 12.2 Å². The molecule has 0 saturated heterocycles. The fourth-order valence-electron chi connectivity index (χ4n) is 2.44. The number of nitrogens with one attached hydrogen (secondary N) is 1. The molecule has 0 aromatic carbocycles. The highest BCUT2D eigenvalue weighted by atomic mass is 32.2. The summed E-state index contributed by atoms with van der Waals surface area (Å²) >= 11 is 1.92. The fraction of sp³-hybridized carbons (Fsp3) is 0.615. The zero-order chi connectivity index (χ0) is 13.7. The average Bonchev–Trinajstić information content (AvgIpc) is 2.41. The molecule has 3 N–H and O–H groups in total. The van der Waals surface area contributed by atoms with Crippen LogP contribution in [0.2, 0.25) is 0 Å². The second kappa shape index (κ2) is 6.75. The summed E-state index contributed by atoms with van der Waals surface area (Å²) in [4.78, 5) is 20.1. The summed E-state index contributed by atoms with van der Waals surface area (Å²) in [5.74, 6) is 1.05. The monoisotopic (exact) mass is 280 g/mol. The van der Waals surface area contributed by atoms with Gasteiger partial charge in [0.1, 0.15) is 0 Å². The molecule has 1 aromatic rings. The summed E-state index contributed by atoms with van der Waals surface area (Å²) in [6.45, 7) is 2.15. The van der Waals surface area contributed by atoms with Crippen LogP contribution >= 0.6 is 11.8 Å². The minimum atomic E-state index is -0.209. The van der Waals surface area contributed by atoms with Crippen molar-refractivity contribution in [1.82, 2.24) is 15.3 Å². The summed E-state index contributed by atoms with van der Waals surface area (Å²) in [6.07, 6.45) is 7.59. The number of hydrogen-bond acceptors (Lipinski definition) is 5. The second-order valence-electron chi connectivity index (χ2n) is 4.65. The topological polar surface area (TPSA) is 80.9 Å². The van der Waals surface area contributed by atoms with Gasteiger partial charge in [0.15, 0.2) is 11.5 Å². The lowest BCUT2D eigenvalue weighted by atomic mass is 9.95. The Morgan fingerprint density at radius 2 is 2.16 bits per heavy atom. The number of nitrogens with zero attached hydrogens (tertiary/aromatic N) is 2. The molecular weight excluding hydrogens is 260 g/mol. The van der Waals surface area contributed by atoms with Gasteiger partial charge in [-0.25, -0.2) is 9.97 Å². The highest BCUT2D eigenvalue weighted by Gasteiger charge is 2.27. The highest BCUT2D eigenvalue weighted by molar-refractivity contribution is 7.99. The van der Waals surface area contributed by atoms with Crippen LogP contribution in [0, 0.1) is 0 Å². The van der Waals surface area contributed by atoms with E-state index < -0.39 is 0 Å². The Kier molecular flexibility index (Phi) is 5.01. The van der Waals surface area contributed by atoms with Crippen LogP contribution in [0.3, 0.4) is 0 Å². The number of rotatable bonds is 4. The van der Waals surface area contributed by atoms with Crippen LogP contribution in [0.15, 0.2) is 12.4 Å². The normalized spacial score (nSPS) is 23.0. The molecule has 1 saturated carbocycles. The molecule has 1 amide bonds. The smallest absolute Gasteiger partial charge is 0.273 e. The molecule has 19 heavy (non-hydrogen) atoms. The number of thioether (sulfide) groups is 1. The van der Waals surface area contributed by atoms with Crippen molar-refractivity contribution in [3.8, 4) is 0 Å². The Hall–Kier alpha value is -1.30. The SMILES string of the molecule is CCS[C@@H]1CCCC[C@H]1NC(=O)c1nccnc1N. The zero-order valence-electron chi connectivity index (χ0n) is 11.1. The Bertz CT molecular complexity index is 438. The molecule has 2 atom stereocenters. The van der Waals surface area contributed by atoms with Crippen LogP contribution in [0.5, 0.6) is 0 Å². The lowest BCUT2D eigenvalue weighted by molar-refractivity contribution is 0.0925. The quantitative estimate of drug-likeness (QED) is 0.879. The van der Waals surface area contributed by atoms with Crippen LogP contribution in [-0.2, 0) is 0 Å². The molecule has 5 nitrogen and oxygen atoms in total. The van der Waals surface area contributed by atoms with Crippen LogP contribution in [0.25, 0.3) is 0 Å². The van der Waals surface area contributed by atoms with Crippen LogP contribution < -0.4 is 11.1 Å². The number of amides is 1. The zero-order valence-corrected chi connectivity index (χ0v) is 11.9. The number of hydrogen-bond donors (Lipinski definition) is 2. The summed E-state index contributed by atoms with van der Waals surface area (Å²) < 4.78 is 0. The Morgan fingerprint density at radius 3 is 2.89 bits per heavy atom. The Morgan fingerprint density at radius 1 is 1.42 bits per heavy atom. The van der Waals surface area contributed by atoms with Gasteiger partial charge in [-0.3, -0.25) is 4.79 Å². The van der Waals surface area contributed by atoms with E-state index in [1.54, 1.807) is 0 Å². The van der Waals surface area contributed by atoms with Crippen LogP contribution in [-0.4, -0.2) is 32.9 Å². The third-order valence-corrected chi connectivity index (χ3v) is 4.67. The van der Waals surface area contributed by atoms with Crippen molar-refractivity contribution >= 4 is 23.5 Å². The van der Waals surface area contributed by atoms with E-state index >= 15 is 0 Å². The third-order valence-electron chi connectivity index (χ3n) is 3.34. The molecule has 1 aliphatic carbocycles. The number of aromatic nitrogens is 2. The minimum absolute atomic E-state index is 0.190. The van der Waals surface area contributed by atoms with Gasteiger partial charge in [0.2, 0.25) is 0 Å².